The smallest absolute Gasteiger partial charge is 0.270 e. The minimum absolute atomic E-state index is 0.0935. The number of carbonyl (C=O) groups excluding carboxylic acids is 2. The van der Waals surface area contributed by atoms with Crippen molar-refractivity contribution in [2.45, 2.75) is 51.5 Å². The molecule has 0 radical (unpaired) electrons. The van der Waals surface area contributed by atoms with Gasteiger partial charge in [0.25, 0.3) is 5.91 Å². The van der Waals surface area contributed by atoms with E-state index in [0.29, 0.717) is 19.0 Å². The average Bonchev–Trinajstić information content (AvgIpc) is 2.96. The van der Waals surface area contributed by atoms with Crippen LogP contribution in [0.3, 0.4) is 0 Å². The molecule has 1 aromatic rings. The van der Waals surface area contributed by atoms with Crippen LogP contribution in [0.25, 0.3) is 0 Å². The fourth-order valence-corrected chi connectivity index (χ4v) is 3.71. The number of nitrogens with two attached hydrogens (primary N) is 1. The van der Waals surface area contributed by atoms with E-state index in [1.54, 1.807) is 10.9 Å². The maximum Gasteiger partial charge on any atom is 0.270 e. The molecule has 2 fully saturated rings. The number of nitrogens with zero attached hydrogens (tertiary/aromatic N) is 4. The number of carbonyl (C=O) groups is 2. The van der Waals surface area contributed by atoms with E-state index in [0.717, 1.165) is 6.42 Å². The molecular formula is C16H25N5O2. The Balaban J connectivity index is 1.47. The maximum absolute atomic E-state index is 12.5. The van der Waals surface area contributed by atoms with Crippen LogP contribution in [0.2, 0.25) is 0 Å². The van der Waals surface area contributed by atoms with Crippen molar-refractivity contribution in [3.63, 3.8) is 0 Å². The van der Waals surface area contributed by atoms with E-state index in [2.05, 4.69) is 10.3 Å². The zero-order chi connectivity index (χ0) is 16.4. The van der Waals surface area contributed by atoms with Gasteiger partial charge in [-0.15, -0.1) is 5.10 Å². The minimum atomic E-state index is -0.579. The highest BCUT2D eigenvalue weighted by atomic mass is 16.2. The molecule has 1 aliphatic heterocycles. The first kappa shape index (κ1) is 16.0. The number of rotatable bonds is 5. The maximum atomic E-state index is 12.5. The summed E-state index contributed by atoms with van der Waals surface area (Å²) < 4.78 is 1.63. The van der Waals surface area contributed by atoms with Gasteiger partial charge >= 0.3 is 0 Å². The van der Waals surface area contributed by atoms with Crippen LogP contribution >= 0.6 is 0 Å². The summed E-state index contributed by atoms with van der Waals surface area (Å²) in [6.07, 6.45) is 9.08. The number of hydrogen-bond donors (Lipinski definition) is 1. The van der Waals surface area contributed by atoms with Gasteiger partial charge in [0, 0.05) is 19.0 Å². The SMILES string of the molecule is C[C@H](CC1CCCCC1)C(=O)N1CC(n2cc(C(N)=O)nn2)C1. The van der Waals surface area contributed by atoms with Gasteiger partial charge in [-0.2, -0.15) is 0 Å². The first-order valence-electron chi connectivity index (χ1n) is 8.55. The molecule has 0 unspecified atom stereocenters. The number of primary amides is 1. The van der Waals surface area contributed by atoms with Crippen molar-refractivity contribution in [2.24, 2.45) is 17.6 Å². The molecule has 2 aliphatic rings. The minimum Gasteiger partial charge on any atom is -0.364 e. The molecule has 2 heterocycles. The van der Waals surface area contributed by atoms with Gasteiger partial charge in [-0.25, -0.2) is 4.68 Å². The molecule has 0 spiro atoms. The summed E-state index contributed by atoms with van der Waals surface area (Å²) in [5, 5.41) is 7.66. The van der Waals surface area contributed by atoms with Gasteiger partial charge in [-0.1, -0.05) is 44.2 Å². The number of aromatic nitrogens is 3. The predicted molar refractivity (Wildman–Crippen MR) is 84.5 cm³/mol. The summed E-state index contributed by atoms with van der Waals surface area (Å²) in [7, 11) is 0. The zero-order valence-corrected chi connectivity index (χ0v) is 13.6. The summed E-state index contributed by atoms with van der Waals surface area (Å²) >= 11 is 0. The molecule has 0 aromatic carbocycles. The molecule has 1 saturated heterocycles. The quantitative estimate of drug-likeness (QED) is 0.886. The highest BCUT2D eigenvalue weighted by Gasteiger charge is 2.35. The molecule has 1 aliphatic carbocycles. The average molecular weight is 319 g/mol. The van der Waals surface area contributed by atoms with Crippen molar-refractivity contribution >= 4 is 11.8 Å². The molecule has 2 amide bonds. The standard InChI is InChI=1S/C16H25N5O2/c1-11(7-12-5-3-2-4-6-12)16(23)20-8-13(9-20)21-10-14(15(17)22)18-19-21/h10-13H,2-9H2,1H3,(H2,17,22)/t11-/m1/s1. The Bertz CT molecular complexity index is 573. The van der Waals surface area contributed by atoms with Crippen molar-refractivity contribution in [3.05, 3.63) is 11.9 Å². The van der Waals surface area contributed by atoms with Crippen LogP contribution in [-0.4, -0.2) is 44.8 Å². The molecule has 1 saturated carbocycles. The van der Waals surface area contributed by atoms with Crippen molar-refractivity contribution < 1.29 is 9.59 Å². The summed E-state index contributed by atoms with van der Waals surface area (Å²) in [6, 6.07) is 0.0985. The summed E-state index contributed by atoms with van der Waals surface area (Å²) in [4.78, 5) is 25.4. The second kappa shape index (κ2) is 6.68. The molecule has 7 heteroatoms. The normalized spacial score (nSPS) is 21.0. The molecule has 1 atom stereocenters. The van der Waals surface area contributed by atoms with Crippen LogP contribution in [-0.2, 0) is 4.79 Å². The Labute approximate surface area is 136 Å². The third-order valence-electron chi connectivity index (χ3n) is 5.14. The first-order chi connectivity index (χ1) is 11.0. The lowest BCUT2D eigenvalue weighted by molar-refractivity contribution is -0.141. The molecule has 126 valence electrons. The highest BCUT2D eigenvalue weighted by Crippen LogP contribution is 2.31. The fourth-order valence-electron chi connectivity index (χ4n) is 3.71. The lowest BCUT2D eigenvalue weighted by Crippen LogP contribution is -2.52. The summed E-state index contributed by atoms with van der Waals surface area (Å²) in [5.41, 5.74) is 5.34. The predicted octanol–water partition coefficient (Wildman–Crippen LogP) is 1.37. The largest absolute Gasteiger partial charge is 0.364 e. The van der Waals surface area contributed by atoms with Gasteiger partial charge in [0.1, 0.15) is 0 Å². The van der Waals surface area contributed by atoms with E-state index in [-0.39, 0.29) is 23.6 Å². The number of hydrogen-bond acceptors (Lipinski definition) is 4. The molecular weight excluding hydrogens is 294 g/mol. The second-order valence-electron chi connectivity index (χ2n) is 6.99. The Morgan fingerprint density at radius 2 is 2.00 bits per heavy atom. The highest BCUT2D eigenvalue weighted by molar-refractivity contribution is 5.90. The Hall–Kier alpha value is -1.92. The third-order valence-corrected chi connectivity index (χ3v) is 5.14. The Morgan fingerprint density at radius 1 is 1.30 bits per heavy atom. The van der Waals surface area contributed by atoms with Crippen LogP contribution in [0.5, 0.6) is 0 Å². The lowest BCUT2D eigenvalue weighted by atomic mass is 9.82. The van der Waals surface area contributed by atoms with Gasteiger partial charge in [0.15, 0.2) is 5.69 Å². The zero-order valence-electron chi connectivity index (χ0n) is 13.6. The number of likely N-dealkylation sites (tertiary alicyclic amines) is 1. The lowest BCUT2D eigenvalue weighted by Gasteiger charge is -2.40. The Kier molecular flexibility index (Phi) is 4.63. The summed E-state index contributed by atoms with van der Waals surface area (Å²) in [6.45, 7) is 3.32. The van der Waals surface area contributed by atoms with E-state index in [4.69, 9.17) is 5.73 Å². The van der Waals surface area contributed by atoms with Gasteiger partial charge < -0.3 is 10.6 Å². The van der Waals surface area contributed by atoms with Gasteiger partial charge in [-0.05, 0) is 12.3 Å². The molecule has 1 aromatic heterocycles. The molecule has 7 nitrogen and oxygen atoms in total. The van der Waals surface area contributed by atoms with Crippen LogP contribution in [0, 0.1) is 11.8 Å². The van der Waals surface area contributed by atoms with Crippen LogP contribution in [0.4, 0.5) is 0 Å². The van der Waals surface area contributed by atoms with E-state index in [1.807, 2.05) is 11.8 Å². The van der Waals surface area contributed by atoms with E-state index in [9.17, 15) is 9.59 Å². The fraction of sp³-hybridized carbons (Fsp3) is 0.750. The van der Waals surface area contributed by atoms with Crippen molar-refractivity contribution in [2.75, 3.05) is 13.1 Å². The molecule has 3 rings (SSSR count). The van der Waals surface area contributed by atoms with E-state index >= 15 is 0 Å². The van der Waals surface area contributed by atoms with Gasteiger partial charge in [-0.3, -0.25) is 9.59 Å². The molecule has 0 bridgehead atoms. The van der Waals surface area contributed by atoms with Crippen LogP contribution in [0.1, 0.15) is 62.0 Å². The third kappa shape index (κ3) is 3.54. The van der Waals surface area contributed by atoms with Crippen molar-refractivity contribution in [1.82, 2.24) is 19.9 Å². The van der Waals surface area contributed by atoms with Gasteiger partial charge in [0.2, 0.25) is 5.91 Å². The monoisotopic (exact) mass is 319 g/mol. The Morgan fingerprint density at radius 3 is 2.61 bits per heavy atom. The van der Waals surface area contributed by atoms with Crippen molar-refractivity contribution in [3.8, 4) is 0 Å². The van der Waals surface area contributed by atoms with E-state index in [1.165, 1.54) is 32.1 Å². The second-order valence-corrected chi connectivity index (χ2v) is 6.99. The van der Waals surface area contributed by atoms with Crippen LogP contribution in [0.15, 0.2) is 6.20 Å². The van der Waals surface area contributed by atoms with Crippen molar-refractivity contribution in [1.29, 1.82) is 0 Å². The van der Waals surface area contributed by atoms with Crippen LogP contribution < -0.4 is 5.73 Å². The molecule has 2 N–H and O–H groups in total. The van der Waals surface area contributed by atoms with E-state index < -0.39 is 5.91 Å². The first-order valence-corrected chi connectivity index (χ1v) is 8.55. The topological polar surface area (TPSA) is 94.1 Å². The van der Waals surface area contributed by atoms with Gasteiger partial charge in [0.05, 0.1) is 12.2 Å². The number of amides is 2. The molecule has 23 heavy (non-hydrogen) atoms. The summed E-state index contributed by atoms with van der Waals surface area (Å²) in [5.74, 6) is 0.468.